The number of nitriles is 1. The number of likely N-dealkylation sites (N-methyl/N-ethyl adjacent to an activating group) is 1. The van der Waals surface area contributed by atoms with Crippen molar-refractivity contribution in [2.75, 3.05) is 33.1 Å². The minimum atomic E-state index is 0.0905. The Labute approximate surface area is 159 Å². The van der Waals surface area contributed by atoms with Crippen LogP contribution >= 0.6 is 0 Å². The third-order valence-corrected chi connectivity index (χ3v) is 4.33. The van der Waals surface area contributed by atoms with Gasteiger partial charge in [0.2, 0.25) is 17.5 Å². The van der Waals surface area contributed by atoms with E-state index in [0.29, 0.717) is 18.3 Å². The number of nitrogens with zero attached hydrogens (tertiary/aromatic N) is 3. The van der Waals surface area contributed by atoms with Gasteiger partial charge in [0.1, 0.15) is 11.8 Å². The van der Waals surface area contributed by atoms with Crippen molar-refractivity contribution < 1.29 is 9.15 Å². The maximum atomic E-state index is 9.39. The Hall–Kier alpha value is -3.30. The molecule has 27 heavy (non-hydrogen) atoms. The van der Waals surface area contributed by atoms with E-state index in [1.54, 1.807) is 7.11 Å². The van der Waals surface area contributed by atoms with Gasteiger partial charge < -0.3 is 19.4 Å². The molecule has 2 aromatic carbocycles. The Morgan fingerprint density at radius 2 is 1.85 bits per heavy atom. The number of methoxy groups -OCH3 is 1. The molecular weight excluding hydrogens is 340 g/mol. The van der Waals surface area contributed by atoms with Gasteiger partial charge in [-0.05, 0) is 43.9 Å². The molecule has 3 aromatic rings. The number of hydrogen-bond acceptors (Lipinski definition) is 6. The molecule has 0 saturated carbocycles. The molecule has 0 aliphatic carbocycles. The zero-order chi connectivity index (χ0) is 19.2. The first kappa shape index (κ1) is 18.5. The molecule has 1 N–H and O–H groups in total. The van der Waals surface area contributed by atoms with Crippen LogP contribution in [0.5, 0.6) is 5.75 Å². The Morgan fingerprint density at radius 3 is 2.44 bits per heavy atom. The summed E-state index contributed by atoms with van der Waals surface area (Å²) in [5.41, 5.74) is 2.22. The Kier molecular flexibility index (Phi) is 5.74. The number of aromatic nitrogens is 1. The van der Waals surface area contributed by atoms with E-state index < -0.39 is 0 Å². The smallest absolute Gasteiger partial charge is 0.232 e. The second-order valence-electron chi connectivity index (χ2n) is 6.31. The van der Waals surface area contributed by atoms with Crippen LogP contribution in [0.25, 0.3) is 11.5 Å². The average molecular weight is 362 g/mol. The van der Waals surface area contributed by atoms with Crippen LogP contribution in [-0.4, -0.2) is 37.6 Å². The standard InChI is InChI=1S/C21H22N4O2/c1-25(2)19(15-9-11-17(26-3)12-10-15)14-23-21-18(13-22)24-20(27-21)16-7-5-4-6-8-16/h4-12,19,23H,14H2,1-3H3/t19-/m1/s1. The van der Waals surface area contributed by atoms with Crippen LogP contribution in [0.15, 0.2) is 59.0 Å². The van der Waals surface area contributed by atoms with Gasteiger partial charge >= 0.3 is 0 Å². The molecule has 3 rings (SSSR count). The third-order valence-electron chi connectivity index (χ3n) is 4.33. The van der Waals surface area contributed by atoms with Crippen LogP contribution in [-0.2, 0) is 0 Å². The summed E-state index contributed by atoms with van der Waals surface area (Å²) in [5.74, 6) is 1.64. The summed E-state index contributed by atoms with van der Waals surface area (Å²) in [4.78, 5) is 6.40. The first-order valence-corrected chi connectivity index (χ1v) is 8.63. The van der Waals surface area contributed by atoms with Gasteiger partial charge in [0, 0.05) is 12.1 Å². The van der Waals surface area contributed by atoms with E-state index in [0.717, 1.165) is 16.9 Å². The average Bonchev–Trinajstić information content (AvgIpc) is 3.12. The fraction of sp³-hybridized carbons (Fsp3) is 0.238. The number of anilines is 1. The zero-order valence-corrected chi connectivity index (χ0v) is 15.6. The van der Waals surface area contributed by atoms with E-state index in [9.17, 15) is 5.26 Å². The topological polar surface area (TPSA) is 74.3 Å². The maximum Gasteiger partial charge on any atom is 0.232 e. The summed E-state index contributed by atoms with van der Waals surface area (Å²) >= 11 is 0. The van der Waals surface area contributed by atoms with Crippen LogP contribution in [0.1, 0.15) is 17.3 Å². The predicted molar refractivity (Wildman–Crippen MR) is 105 cm³/mol. The molecule has 0 saturated heterocycles. The van der Waals surface area contributed by atoms with Gasteiger partial charge in [0.05, 0.1) is 13.2 Å². The summed E-state index contributed by atoms with van der Waals surface area (Å²) in [7, 11) is 5.67. The van der Waals surface area contributed by atoms with E-state index in [1.807, 2.05) is 68.7 Å². The largest absolute Gasteiger partial charge is 0.497 e. The lowest BCUT2D eigenvalue weighted by molar-refractivity contribution is 0.310. The number of hydrogen-bond donors (Lipinski definition) is 1. The lowest BCUT2D eigenvalue weighted by Gasteiger charge is -2.25. The molecule has 0 bridgehead atoms. The van der Waals surface area contributed by atoms with Crippen molar-refractivity contribution >= 4 is 5.88 Å². The lowest BCUT2D eigenvalue weighted by Crippen LogP contribution is -2.26. The van der Waals surface area contributed by atoms with Crippen molar-refractivity contribution in [3.05, 3.63) is 65.9 Å². The highest BCUT2D eigenvalue weighted by Gasteiger charge is 2.18. The highest BCUT2D eigenvalue weighted by molar-refractivity contribution is 5.58. The number of nitrogens with one attached hydrogen (secondary N) is 1. The molecule has 0 amide bonds. The molecule has 138 valence electrons. The second kappa shape index (κ2) is 8.39. The number of benzene rings is 2. The van der Waals surface area contributed by atoms with Crippen LogP contribution < -0.4 is 10.1 Å². The Balaban J connectivity index is 1.79. The van der Waals surface area contributed by atoms with Crippen LogP contribution in [0, 0.1) is 11.3 Å². The molecule has 6 heteroatoms. The molecule has 0 fully saturated rings. The van der Waals surface area contributed by atoms with Gasteiger partial charge in [-0.3, -0.25) is 0 Å². The fourth-order valence-electron chi connectivity index (χ4n) is 2.83. The fourth-order valence-corrected chi connectivity index (χ4v) is 2.83. The lowest BCUT2D eigenvalue weighted by atomic mass is 10.1. The van der Waals surface area contributed by atoms with Crippen molar-refractivity contribution in [2.45, 2.75) is 6.04 Å². The second-order valence-corrected chi connectivity index (χ2v) is 6.31. The monoisotopic (exact) mass is 362 g/mol. The van der Waals surface area contributed by atoms with Gasteiger partial charge in [-0.25, -0.2) is 0 Å². The molecule has 0 radical (unpaired) electrons. The SMILES string of the molecule is COc1ccc([C@@H](CNc2oc(-c3ccccc3)nc2C#N)N(C)C)cc1. The van der Waals surface area contributed by atoms with Gasteiger partial charge in [0.25, 0.3) is 0 Å². The number of oxazole rings is 1. The van der Waals surface area contributed by atoms with Crippen LogP contribution in [0.3, 0.4) is 0 Å². The normalized spacial score (nSPS) is 11.8. The molecule has 6 nitrogen and oxygen atoms in total. The number of ether oxygens (including phenoxy) is 1. The number of rotatable bonds is 7. The van der Waals surface area contributed by atoms with Crippen molar-refractivity contribution in [1.82, 2.24) is 9.88 Å². The van der Waals surface area contributed by atoms with Crippen LogP contribution in [0.2, 0.25) is 0 Å². The van der Waals surface area contributed by atoms with Crippen molar-refractivity contribution in [3.63, 3.8) is 0 Å². The van der Waals surface area contributed by atoms with Gasteiger partial charge in [-0.2, -0.15) is 10.2 Å². The summed E-state index contributed by atoms with van der Waals surface area (Å²) in [6.45, 7) is 0.567. The van der Waals surface area contributed by atoms with Crippen molar-refractivity contribution in [3.8, 4) is 23.3 Å². The van der Waals surface area contributed by atoms with E-state index in [-0.39, 0.29) is 11.7 Å². The van der Waals surface area contributed by atoms with E-state index >= 15 is 0 Å². The highest BCUT2D eigenvalue weighted by Crippen LogP contribution is 2.27. The Bertz CT molecular complexity index is 912. The molecule has 0 aliphatic rings. The van der Waals surface area contributed by atoms with Crippen molar-refractivity contribution in [1.29, 1.82) is 5.26 Å². The van der Waals surface area contributed by atoms with E-state index in [4.69, 9.17) is 9.15 Å². The minimum Gasteiger partial charge on any atom is -0.497 e. The first-order chi connectivity index (χ1) is 13.1. The zero-order valence-electron chi connectivity index (χ0n) is 15.6. The predicted octanol–water partition coefficient (Wildman–Crippen LogP) is 3.94. The molecule has 0 spiro atoms. The molecule has 1 aromatic heterocycles. The molecule has 1 heterocycles. The van der Waals surface area contributed by atoms with Gasteiger partial charge in [-0.1, -0.05) is 30.3 Å². The molecular formula is C21H22N4O2. The summed E-state index contributed by atoms with van der Waals surface area (Å²) in [6.07, 6.45) is 0. The molecule has 0 aliphatic heterocycles. The summed E-state index contributed by atoms with van der Waals surface area (Å²) in [5, 5.41) is 12.6. The highest BCUT2D eigenvalue weighted by atomic mass is 16.5. The summed E-state index contributed by atoms with van der Waals surface area (Å²) < 4.78 is 11.0. The van der Waals surface area contributed by atoms with Crippen molar-refractivity contribution in [2.24, 2.45) is 0 Å². The van der Waals surface area contributed by atoms with Gasteiger partial charge in [0.15, 0.2) is 0 Å². The van der Waals surface area contributed by atoms with E-state index in [1.165, 1.54) is 0 Å². The quantitative estimate of drug-likeness (QED) is 0.686. The Morgan fingerprint density at radius 1 is 1.15 bits per heavy atom. The molecule has 1 atom stereocenters. The van der Waals surface area contributed by atoms with Crippen LogP contribution in [0.4, 0.5) is 5.88 Å². The minimum absolute atomic E-state index is 0.0905. The molecule has 0 unspecified atom stereocenters. The summed E-state index contributed by atoms with van der Waals surface area (Å²) in [6, 6.07) is 19.7. The maximum absolute atomic E-state index is 9.39. The van der Waals surface area contributed by atoms with E-state index in [2.05, 4.69) is 21.3 Å². The van der Waals surface area contributed by atoms with Gasteiger partial charge in [-0.15, -0.1) is 0 Å². The third kappa shape index (κ3) is 4.27. The first-order valence-electron chi connectivity index (χ1n) is 8.63.